The molecule has 0 fully saturated rings. The zero-order valence-electron chi connectivity index (χ0n) is 8.42. The van der Waals surface area contributed by atoms with E-state index in [1.807, 2.05) is 0 Å². The third-order valence-electron chi connectivity index (χ3n) is 2.20. The summed E-state index contributed by atoms with van der Waals surface area (Å²) in [6, 6.07) is 1.56. The maximum absolute atomic E-state index is 11.3. The van der Waals surface area contributed by atoms with Crippen LogP contribution in [0.25, 0.3) is 0 Å². The Morgan fingerprint density at radius 1 is 1.50 bits per heavy atom. The molecule has 0 heterocycles. The summed E-state index contributed by atoms with van der Waals surface area (Å²) in [6.45, 7) is 3.35. The van der Waals surface area contributed by atoms with Gasteiger partial charge in [0.2, 0.25) is 0 Å². The third-order valence-corrected chi connectivity index (χ3v) is 2.20. The fourth-order valence-corrected chi connectivity index (χ4v) is 1.25. The lowest BCUT2D eigenvalue weighted by Crippen LogP contribution is -2.06. The second-order valence-electron chi connectivity index (χ2n) is 3.12. The predicted octanol–water partition coefficient (Wildman–Crippen LogP) is 1.38. The van der Waals surface area contributed by atoms with Crippen LogP contribution in [-0.4, -0.2) is 18.2 Å². The van der Waals surface area contributed by atoms with E-state index in [1.165, 1.54) is 7.11 Å². The molecule has 0 aliphatic rings. The first-order chi connectivity index (χ1) is 6.49. The minimum absolute atomic E-state index is 0.0233. The van der Waals surface area contributed by atoms with Crippen LogP contribution in [0.5, 0.6) is 5.75 Å². The molecule has 0 spiro atoms. The van der Waals surface area contributed by atoms with Gasteiger partial charge in [-0.25, -0.2) is 4.79 Å². The summed E-state index contributed by atoms with van der Waals surface area (Å²) >= 11 is 0. The molecule has 0 unspecified atom stereocenters. The molecular weight excluding hydrogens is 182 g/mol. The number of esters is 1. The summed E-state index contributed by atoms with van der Waals surface area (Å²) < 4.78 is 4.59. The van der Waals surface area contributed by atoms with Gasteiger partial charge in [0.25, 0.3) is 0 Å². The number of nitrogens with two attached hydrogens (primary N) is 1. The van der Waals surface area contributed by atoms with E-state index >= 15 is 0 Å². The van der Waals surface area contributed by atoms with Gasteiger partial charge in [0, 0.05) is 0 Å². The van der Waals surface area contributed by atoms with Gasteiger partial charge in [-0.1, -0.05) is 0 Å². The first kappa shape index (κ1) is 10.4. The number of carbonyl (C=O) groups excluding carboxylic acids is 1. The highest BCUT2D eigenvalue weighted by Crippen LogP contribution is 2.30. The molecule has 0 amide bonds. The molecule has 4 nitrogen and oxygen atoms in total. The van der Waals surface area contributed by atoms with E-state index < -0.39 is 5.97 Å². The maximum atomic E-state index is 11.3. The van der Waals surface area contributed by atoms with Gasteiger partial charge in [0.1, 0.15) is 5.75 Å². The Morgan fingerprint density at radius 2 is 2.07 bits per heavy atom. The number of hydrogen-bond donors (Lipinski definition) is 2. The van der Waals surface area contributed by atoms with Crippen molar-refractivity contribution in [3.05, 3.63) is 22.8 Å². The molecule has 0 atom stereocenters. The molecule has 0 aromatic heterocycles. The van der Waals surface area contributed by atoms with Crippen LogP contribution in [0, 0.1) is 13.8 Å². The quantitative estimate of drug-likeness (QED) is 0.403. The van der Waals surface area contributed by atoms with Gasteiger partial charge < -0.3 is 15.6 Å². The van der Waals surface area contributed by atoms with Gasteiger partial charge >= 0.3 is 5.97 Å². The van der Waals surface area contributed by atoms with E-state index in [1.54, 1.807) is 19.9 Å². The third kappa shape index (κ3) is 1.51. The molecule has 0 saturated heterocycles. The van der Waals surface area contributed by atoms with Gasteiger partial charge in [0.05, 0.1) is 18.4 Å². The van der Waals surface area contributed by atoms with Crippen molar-refractivity contribution < 1.29 is 14.6 Å². The standard InChI is InChI=1S/C10H13NO3/c1-5-4-7(10(13)14-3)6(2)8(11)9(5)12/h4,12H,11H2,1-3H3. The van der Waals surface area contributed by atoms with Gasteiger partial charge in [0.15, 0.2) is 0 Å². The van der Waals surface area contributed by atoms with Crippen LogP contribution < -0.4 is 5.73 Å². The number of phenolic OH excluding ortho intramolecular Hbond substituents is 1. The molecule has 1 aromatic carbocycles. The molecule has 0 radical (unpaired) electrons. The lowest BCUT2D eigenvalue weighted by molar-refractivity contribution is 0.0600. The number of aromatic hydroxyl groups is 1. The van der Waals surface area contributed by atoms with Crippen LogP contribution in [0.1, 0.15) is 21.5 Å². The molecule has 76 valence electrons. The van der Waals surface area contributed by atoms with Gasteiger partial charge in [-0.3, -0.25) is 0 Å². The average Bonchev–Trinajstić information content (AvgIpc) is 2.19. The van der Waals surface area contributed by atoms with Crippen molar-refractivity contribution in [1.82, 2.24) is 0 Å². The average molecular weight is 195 g/mol. The minimum atomic E-state index is -0.447. The number of carbonyl (C=O) groups is 1. The number of anilines is 1. The second-order valence-corrected chi connectivity index (χ2v) is 3.12. The summed E-state index contributed by atoms with van der Waals surface area (Å²) in [5.41, 5.74) is 7.34. The van der Waals surface area contributed by atoms with Crippen LogP contribution in [0.2, 0.25) is 0 Å². The molecular formula is C10H13NO3. The van der Waals surface area contributed by atoms with Crippen LogP contribution in [0.15, 0.2) is 6.07 Å². The SMILES string of the molecule is COC(=O)c1cc(C)c(O)c(N)c1C. The lowest BCUT2D eigenvalue weighted by atomic mass is 10.0. The first-order valence-electron chi connectivity index (χ1n) is 4.16. The van der Waals surface area contributed by atoms with Crippen molar-refractivity contribution in [2.75, 3.05) is 12.8 Å². The number of rotatable bonds is 1. The Morgan fingerprint density at radius 3 is 2.57 bits per heavy atom. The maximum Gasteiger partial charge on any atom is 0.338 e. The summed E-state index contributed by atoms with van der Waals surface area (Å²) in [5.74, 6) is -0.424. The smallest absolute Gasteiger partial charge is 0.338 e. The fourth-order valence-electron chi connectivity index (χ4n) is 1.25. The number of aryl methyl sites for hydroxylation is 1. The monoisotopic (exact) mass is 195 g/mol. The van der Waals surface area contributed by atoms with E-state index in [9.17, 15) is 9.90 Å². The molecule has 1 rings (SSSR count). The summed E-state index contributed by atoms with van der Waals surface area (Å²) in [7, 11) is 1.31. The van der Waals surface area contributed by atoms with E-state index in [2.05, 4.69) is 4.74 Å². The van der Waals surface area contributed by atoms with Gasteiger partial charge in [-0.05, 0) is 31.0 Å². The second kappa shape index (κ2) is 3.57. The van der Waals surface area contributed by atoms with Crippen molar-refractivity contribution in [3.63, 3.8) is 0 Å². The molecule has 4 heteroatoms. The number of methoxy groups -OCH3 is 1. The van der Waals surface area contributed by atoms with Gasteiger partial charge in [-0.2, -0.15) is 0 Å². The van der Waals surface area contributed by atoms with Crippen molar-refractivity contribution in [2.24, 2.45) is 0 Å². The zero-order valence-corrected chi connectivity index (χ0v) is 8.42. The van der Waals surface area contributed by atoms with Crippen molar-refractivity contribution >= 4 is 11.7 Å². The Hall–Kier alpha value is -1.71. The number of benzene rings is 1. The Bertz CT molecular complexity index is 385. The highest BCUT2D eigenvalue weighted by Gasteiger charge is 2.15. The first-order valence-corrected chi connectivity index (χ1v) is 4.16. The summed E-state index contributed by atoms with van der Waals surface area (Å²) in [4.78, 5) is 11.3. The number of phenols is 1. The summed E-state index contributed by atoms with van der Waals surface area (Å²) in [5, 5.41) is 9.49. The molecule has 0 saturated carbocycles. The molecule has 0 aliphatic carbocycles. The zero-order chi connectivity index (χ0) is 10.9. The van der Waals surface area contributed by atoms with Crippen molar-refractivity contribution in [3.8, 4) is 5.75 Å². The molecule has 0 bridgehead atoms. The van der Waals surface area contributed by atoms with Crippen molar-refractivity contribution in [2.45, 2.75) is 13.8 Å². The van der Waals surface area contributed by atoms with Crippen LogP contribution in [-0.2, 0) is 4.74 Å². The minimum Gasteiger partial charge on any atom is -0.506 e. The topological polar surface area (TPSA) is 72.5 Å². The highest BCUT2D eigenvalue weighted by atomic mass is 16.5. The number of hydrogen-bond acceptors (Lipinski definition) is 4. The van der Waals surface area contributed by atoms with E-state index in [4.69, 9.17) is 5.73 Å². The van der Waals surface area contributed by atoms with Gasteiger partial charge in [-0.15, -0.1) is 0 Å². The van der Waals surface area contributed by atoms with E-state index in [-0.39, 0.29) is 11.4 Å². The molecule has 3 N–H and O–H groups in total. The van der Waals surface area contributed by atoms with Crippen LogP contribution in [0.3, 0.4) is 0 Å². The molecule has 14 heavy (non-hydrogen) atoms. The van der Waals surface area contributed by atoms with E-state index in [0.29, 0.717) is 16.7 Å². The predicted molar refractivity (Wildman–Crippen MR) is 53.3 cm³/mol. The molecule has 0 aliphatic heterocycles. The Labute approximate surface area is 82.3 Å². The largest absolute Gasteiger partial charge is 0.506 e. The number of nitrogen functional groups attached to an aromatic ring is 1. The molecule has 1 aromatic rings. The normalized spacial score (nSPS) is 9.93. The lowest BCUT2D eigenvalue weighted by Gasteiger charge is -2.10. The fraction of sp³-hybridized carbons (Fsp3) is 0.300. The van der Waals surface area contributed by atoms with Crippen molar-refractivity contribution in [1.29, 1.82) is 0 Å². The Balaban J connectivity index is 3.40. The Kier molecular flexibility index (Phi) is 2.65. The summed E-state index contributed by atoms with van der Waals surface area (Å²) in [6.07, 6.45) is 0. The van der Waals surface area contributed by atoms with Crippen LogP contribution in [0.4, 0.5) is 5.69 Å². The van der Waals surface area contributed by atoms with Crippen LogP contribution >= 0.6 is 0 Å². The van der Waals surface area contributed by atoms with E-state index in [0.717, 1.165) is 0 Å². The highest BCUT2D eigenvalue weighted by molar-refractivity contribution is 5.93. The number of ether oxygens (including phenoxy) is 1.